The number of anilines is 1. The summed E-state index contributed by atoms with van der Waals surface area (Å²) in [5.74, 6) is 0.891. The summed E-state index contributed by atoms with van der Waals surface area (Å²) in [5, 5.41) is 3.24. The molecule has 1 aliphatic rings. The maximum atomic E-state index is 12.4. The molecule has 0 spiro atoms. The normalized spacial score (nSPS) is 14.8. The van der Waals surface area contributed by atoms with Gasteiger partial charge in [0.2, 0.25) is 0 Å². The fourth-order valence-electron chi connectivity index (χ4n) is 2.46. The van der Waals surface area contributed by atoms with Crippen LogP contribution in [0.3, 0.4) is 0 Å². The molecule has 1 aliphatic carbocycles. The molecular weight excluding hydrogens is 236 g/mol. The molecule has 0 aliphatic heterocycles. The van der Waals surface area contributed by atoms with Crippen LogP contribution in [-0.4, -0.2) is 30.4 Å². The molecule has 1 aromatic carbocycles. The number of benzene rings is 1. The number of hydrogen-bond donors (Lipinski definition) is 1. The molecule has 1 saturated carbocycles. The van der Waals surface area contributed by atoms with Gasteiger partial charge in [-0.3, -0.25) is 4.79 Å². The minimum atomic E-state index is 0.164. The highest BCUT2D eigenvalue weighted by atomic mass is 16.2. The van der Waals surface area contributed by atoms with Gasteiger partial charge < -0.3 is 10.2 Å². The molecule has 3 nitrogen and oxygen atoms in total. The van der Waals surface area contributed by atoms with E-state index in [9.17, 15) is 4.79 Å². The van der Waals surface area contributed by atoms with Gasteiger partial charge in [0.05, 0.1) is 0 Å². The smallest absolute Gasteiger partial charge is 0.253 e. The first kappa shape index (κ1) is 13.9. The highest BCUT2D eigenvalue weighted by Crippen LogP contribution is 2.27. The molecule has 0 bridgehead atoms. The highest BCUT2D eigenvalue weighted by Gasteiger charge is 2.23. The Morgan fingerprint density at radius 2 is 1.95 bits per heavy atom. The van der Waals surface area contributed by atoms with Gasteiger partial charge in [-0.15, -0.1) is 0 Å². The van der Waals surface area contributed by atoms with Crippen LogP contribution < -0.4 is 5.32 Å². The Balaban J connectivity index is 1.99. The van der Waals surface area contributed by atoms with Crippen LogP contribution in [0.4, 0.5) is 5.69 Å². The Labute approximate surface area is 116 Å². The van der Waals surface area contributed by atoms with E-state index in [1.165, 1.54) is 19.3 Å². The largest absolute Gasteiger partial charge is 0.385 e. The van der Waals surface area contributed by atoms with Crippen molar-refractivity contribution >= 4 is 11.6 Å². The molecule has 0 saturated heterocycles. The Hall–Kier alpha value is -1.51. The van der Waals surface area contributed by atoms with E-state index in [1.807, 2.05) is 29.2 Å². The first-order chi connectivity index (χ1) is 9.24. The summed E-state index contributed by atoms with van der Waals surface area (Å²) >= 11 is 0. The Kier molecular flexibility index (Phi) is 4.83. The van der Waals surface area contributed by atoms with Crippen molar-refractivity contribution in [2.24, 2.45) is 5.92 Å². The fourth-order valence-corrected chi connectivity index (χ4v) is 2.46. The quantitative estimate of drug-likeness (QED) is 0.850. The van der Waals surface area contributed by atoms with E-state index in [0.717, 1.165) is 36.8 Å². The van der Waals surface area contributed by atoms with Gasteiger partial charge in [0.15, 0.2) is 0 Å². The van der Waals surface area contributed by atoms with E-state index < -0.39 is 0 Å². The van der Waals surface area contributed by atoms with Gasteiger partial charge in [-0.1, -0.05) is 6.42 Å². The van der Waals surface area contributed by atoms with Crippen LogP contribution in [0.5, 0.6) is 0 Å². The molecule has 0 radical (unpaired) electrons. The lowest BCUT2D eigenvalue weighted by molar-refractivity contribution is 0.0706. The Bertz CT molecular complexity index is 409. The number of hydrogen-bond acceptors (Lipinski definition) is 2. The van der Waals surface area contributed by atoms with Gasteiger partial charge in [0.25, 0.3) is 5.91 Å². The Morgan fingerprint density at radius 1 is 1.26 bits per heavy atom. The number of nitrogens with one attached hydrogen (secondary N) is 1. The molecule has 1 amide bonds. The summed E-state index contributed by atoms with van der Waals surface area (Å²) in [6.45, 7) is 6.74. The summed E-state index contributed by atoms with van der Waals surface area (Å²) in [7, 11) is 0. The standard InChI is InChI=1S/C16H24N2O/c1-3-17-15-10-8-14(9-11-15)16(19)18(4-2)12-13-6-5-7-13/h8-11,13,17H,3-7,12H2,1-2H3. The van der Waals surface area contributed by atoms with E-state index in [-0.39, 0.29) is 5.91 Å². The third kappa shape index (κ3) is 3.49. The van der Waals surface area contributed by atoms with Crippen molar-refractivity contribution < 1.29 is 4.79 Å². The molecule has 104 valence electrons. The van der Waals surface area contributed by atoms with Crippen LogP contribution in [0.15, 0.2) is 24.3 Å². The molecule has 1 N–H and O–H groups in total. The lowest BCUT2D eigenvalue weighted by Crippen LogP contribution is -2.37. The van der Waals surface area contributed by atoms with Crippen LogP contribution in [0.2, 0.25) is 0 Å². The summed E-state index contributed by atoms with van der Waals surface area (Å²) < 4.78 is 0. The minimum absolute atomic E-state index is 0.164. The monoisotopic (exact) mass is 260 g/mol. The van der Waals surface area contributed by atoms with Crippen molar-refractivity contribution in [3.8, 4) is 0 Å². The van der Waals surface area contributed by atoms with Gasteiger partial charge >= 0.3 is 0 Å². The summed E-state index contributed by atoms with van der Waals surface area (Å²) in [6, 6.07) is 7.80. The van der Waals surface area contributed by atoms with Crippen molar-refractivity contribution in [2.75, 3.05) is 25.0 Å². The molecular formula is C16H24N2O. The second-order valence-electron chi connectivity index (χ2n) is 5.25. The topological polar surface area (TPSA) is 32.3 Å². The fraction of sp³-hybridized carbons (Fsp3) is 0.562. The number of nitrogens with zero attached hydrogens (tertiary/aromatic N) is 1. The summed E-state index contributed by atoms with van der Waals surface area (Å²) in [5.41, 5.74) is 1.86. The first-order valence-electron chi connectivity index (χ1n) is 7.37. The Morgan fingerprint density at radius 3 is 2.42 bits per heavy atom. The second kappa shape index (κ2) is 6.60. The van der Waals surface area contributed by atoms with Crippen molar-refractivity contribution in [3.05, 3.63) is 29.8 Å². The van der Waals surface area contributed by atoms with Gasteiger partial charge in [0.1, 0.15) is 0 Å². The third-order valence-corrected chi connectivity index (χ3v) is 3.89. The molecule has 3 heteroatoms. The molecule has 0 atom stereocenters. The zero-order valence-electron chi connectivity index (χ0n) is 12.0. The van der Waals surface area contributed by atoms with E-state index in [1.54, 1.807) is 0 Å². The number of carbonyl (C=O) groups excluding carboxylic acids is 1. The van der Waals surface area contributed by atoms with Crippen LogP contribution in [0, 0.1) is 5.92 Å². The van der Waals surface area contributed by atoms with Gasteiger partial charge in [-0.25, -0.2) is 0 Å². The average molecular weight is 260 g/mol. The van der Waals surface area contributed by atoms with Gasteiger partial charge in [0, 0.05) is 30.9 Å². The molecule has 1 aromatic rings. The molecule has 2 rings (SSSR count). The molecule has 0 aromatic heterocycles. The predicted molar refractivity (Wildman–Crippen MR) is 79.5 cm³/mol. The van der Waals surface area contributed by atoms with Crippen LogP contribution in [0.1, 0.15) is 43.5 Å². The van der Waals surface area contributed by atoms with Crippen LogP contribution >= 0.6 is 0 Å². The molecule has 0 heterocycles. The van der Waals surface area contributed by atoms with Crippen molar-refractivity contribution in [3.63, 3.8) is 0 Å². The summed E-state index contributed by atoms with van der Waals surface area (Å²) in [6.07, 6.45) is 3.89. The van der Waals surface area contributed by atoms with E-state index >= 15 is 0 Å². The maximum absolute atomic E-state index is 12.4. The van der Waals surface area contributed by atoms with Crippen molar-refractivity contribution in [2.45, 2.75) is 33.1 Å². The zero-order chi connectivity index (χ0) is 13.7. The number of amides is 1. The summed E-state index contributed by atoms with van der Waals surface area (Å²) in [4.78, 5) is 14.4. The van der Waals surface area contributed by atoms with Crippen LogP contribution in [0.25, 0.3) is 0 Å². The highest BCUT2D eigenvalue weighted by molar-refractivity contribution is 5.94. The molecule has 0 unspecified atom stereocenters. The molecule has 19 heavy (non-hydrogen) atoms. The second-order valence-corrected chi connectivity index (χ2v) is 5.25. The minimum Gasteiger partial charge on any atom is -0.385 e. The SMILES string of the molecule is CCNc1ccc(C(=O)N(CC)CC2CCC2)cc1. The van der Waals surface area contributed by atoms with Gasteiger partial charge in [-0.2, -0.15) is 0 Å². The van der Waals surface area contributed by atoms with E-state index in [4.69, 9.17) is 0 Å². The van der Waals surface area contributed by atoms with Crippen LogP contribution in [-0.2, 0) is 0 Å². The van der Waals surface area contributed by atoms with Crippen molar-refractivity contribution in [1.29, 1.82) is 0 Å². The van der Waals surface area contributed by atoms with Gasteiger partial charge in [-0.05, 0) is 56.9 Å². The first-order valence-corrected chi connectivity index (χ1v) is 7.37. The number of rotatable bonds is 6. The lowest BCUT2D eigenvalue weighted by Gasteiger charge is -2.31. The number of carbonyl (C=O) groups is 1. The lowest BCUT2D eigenvalue weighted by atomic mass is 9.85. The maximum Gasteiger partial charge on any atom is 0.253 e. The van der Waals surface area contributed by atoms with Crippen molar-refractivity contribution in [1.82, 2.24) is 4.90 Å². The molecule has 1 fully saturated rings. The zero-order valence-corrected chi connectivity index (χ0v) is 12.0. The third-order valence-electron chi connectivity index (χ3n) is 3.89. The van der Waals surface area contributed by atoms with E-state index in [2.05, 4.69) is 19.2 Å². The average Bonchev–Trinajstić information content (AvgIpc) is 2.38. The van der Waals surface area contributed by atoms with E-state index in [0.29, 0.717) is 0 Å². The predicted octanol–water partition coefficient (Wildman–Crippen LogP) is 3.38.